The Morgan fingerprint density at radius 3 is 2.71 bits per heavy atom. The molecule has 3 aliphatic rings. The van der Waals surface area contributed by atoms with Gasteiger partial charge in [0.15, 0.2) is 0 Å². The normalized spacial score (nSPS) is 37.6. The van der Waals surface area contributed by atoms with Crippen LogP contribution >= 0.6 is 0 Å². The van der Waals surface area contributed by atoms with Crippen molar-refractivity contribution < 1.29 is 4.79 Å². The number of carbonyl (C=O) groups is 1. The lowest BCUT2D eigenvalue weighted by Gasteiger charge is -2.39. The highest BCUT2D eigenvalue weighted by molar-refractivity contribution is 5.97. The molecule has 1 heterocycles. The summed E-state index contributed by atoms with van der Waals surface area (Å²) in [5, 5.41) is 0. The van der Waals surface area contributed by atoms with Gasteiger partial charge in [-0.3, -0.25) is 4.79 Å². The van der Waals surface area contributed by atoms with Crippen molar-refractivity contribution in [1.82, 2.24) is 0 Å². The Kier molecular flexibility index (Phi) is 3.07. The zero-order valence-corrected chi connectivity index (χ0v) is 12.7. The van der Waals surface area contributed by atoms with Gasteiger partial charge in [0.2, 0.25) is 5.91 Å². The Bertz CT molecular complexity index is 568. The van der Waals surface area contributed by atoms with Crippen molar-refractivity contribution in [1.29, 1.82) is 0 Å². The van der Waals surface area contributed by atoms with Crippen LogP contribution in [0.25, 0.3) is 0 Å². The summed E-state index contributed by atoms with van der Waals surface area (Å²) in [4.78, 5) is 15.3. The summed E-state index contributed by atoms with van der Waals surface area (Å²) in [6.45, 7) is 2.17. The Hall–Kier alpha value is -1.35. The zero-order valence-electron chi connectivity index (χ0n) is 12.7. The SMILES string of the molecule is CC1CCc2ccccc2N1C(=O)C1C2CCC(C2)C1N. The molecular weight excluding hydrogens is 260 g/mol. The summed E-state index contributed by atoms with van der Waals surface area (Å²) in [7, 11) is 0. The standard InChI is InChI=1S/C18H24N2O/c1-11-6-7-12-4-2-3-5-15(12)20(11)18(21)16-13-8-9-14(10-13)17(16)19/h2-5,11,13-14,16-17H,6-10,19H2,1H3. The van der Waals surface area contributed by atoms with Crippen molar-refractivity contribution in [2.45, 2.75) is 51.1 Å². The van der Waals surface area contributed by atoms with E-state index in [1.807, 2.05) is 6.07 Å². The molecule has 2 aliphatic carbocycles. The van der Waals surface area contributed by atoms with Gasteiger partial charge in [-0.2, -0.15) is 0 Å². The van der Waals surface area contributed by atoms with E-state index in [0.29, 0.717) is 17.9 Å². The molecule has 1 aromatic rings. The highest BCUT2D eigenvalue weighted by atomic mass is 16.2. The lowest BCUT2D eigenvalue weighted by molar-refractivity contribution is -0.124. The molecule has 3 nitrogen and oxygen atoms in total. The van der Waals surface area contributed by atoms with Crippen molar-refractivity contribution in [2.24, 2.45) is 23.5 Å². The average molecular weight is 284 g/mol. The number of aryl methyl sites for hydroxylation is 1. The molecule has 1 aromatic carbocycles. The van der Waals surface area contributed by atoms with Gasteiger partial charge in [0.25, 0.3) is 0 Å². The van der Waals surface area contributed by atoms with Crippen LogP contribution in [0.5, 0.6) is 0 Å². The molecule has 1 amide bonds. The maximum Gasteiger partial charge on any atom is 0.232 e. The average Bonchev–Trinajstić information content (AvgIpc) is 3.07. The molecule has 2 saturated carbocycles. The van der Waals surface area contributed by atoms with Gasteiger partial charge in [-0.15, -0.1) is 0 Å². The van der Waals surface area contributed by atoms with E-state index in [-0.39, 0.29) is 17.9 Å². The predicted octanol–water partition coefficient (Wildman–Crippen LogP) is 2.73. The fourth-order valence-corrected chi connectivity index (χ4v) is 4.89. The molecule has 5 atom stereocenters. The summed E-state index contributed by atoms with van der Waals surface area (Å²) in [5.41, 5.74) is 8.82. The number of fused-ring (bicyclic) bond motifs is 3. The fourth-order valence-electron chi connectivity index (χ4n) is 4.89. The van der Waals surface area contributed by atoms with Gasteiger partial charge in [0.1, 0.15) is 0 Å². The number of hydrogen-bond donors (Lipinski definition) is 1. The molecule has 1 aliphatic heterocycles. The van der Waals surface area contributed by atoms with Gasteiger partial charge in [-0.25, -0.2) is 0 Å². The molecule has 2 N–H and O–H groups in total. The van der Waals surface area contributed by atoms with E-state index >= 15 is 0 Å². The summed E-state index contributed by atoms with van der Waals surface area (Å²) < 4.78 is 0. The molecule has 3 heteroatoms. The van der Waals surface area contributed by atoms with Crippen LogP contribution in [0, 0.1) is 17.8 Å². The van der Waals surface area contributed by atoms with Crippen LogP contribution in [0.2, 0.25) is 0 Å². The number of hydrogen-bond acceptors (Lipinski definition) is 2. The molecule has 0 saturated heterocycles. The first-order chi connectivity index (χ1) is 10.2. The van der Waals surface area contributed by atoms with Crippen LogP contribution in [0.3, 0.4) is 0 Å². The Labute approximate surface area is 126 Å². The molecule has 0 aromatic heterocycles. The maximum absolute atomic E-state index is 13.2. The maximum atomic E-state index is 13.2. The van der Waals surface area contributed by atoms with E-state index in [9.17, 15) is 4.79 Å². The van der Waals surface area contributed by atoms with Crippen LogP contribution in [-0.2, 0) is 11.2 Å². The van der Waals surface area contributed by atoms with E-state index < -0.39 is 0 Å². The molecule has 112 valence electrons. The van der Waals surface area contributed by atoms with Crippen molar-refractivity contribution in [2.75, 3.05) is 4.90 Å². The second-order valence-electron chi connectivity index (χ2n) is 7.16. The molecule has 2 bridgehead atoms. The lowest BCUT2D eigenvalue weighted by atomic mass is 9.83. The summed E-state index contributed by atoms with van der Waals surface area (Å²) >= 11 is 0. The van der Waals surface area contributed by atoms with Crippen LogP contribution < -0.4 is 10.6 Å². The summed E-state index contributed by atoms with van der Waals surface area (Å²) in [6.07, 6.45) is 5.71. The molecule has 4 rings (SSSR count). The third kappa shape index (κ3) is 1.94. The van der Waals surface area contributed by atoms with Gasteiger partial charge < -0.3 is 10.6 Å². The van der Waals surface area contributed by atoms with Gasteiger partial charge in [0, 0.05) is 17.8 Å². The Morgan fingerprint density at radius 2 is 1.95 bits per heavy atom. The van der Waals surface area contributed by atoms with Crippen LogP contribution in [0.1, 0.15) is 38.2 Å². The zero-order chi connectivity index (χ0) is 14.6. The number of rotatable bonds is 1. The minimum Gasteiger partial charge on any atom is -0.327 e. The van der Waals surface area contributed by atoms with Gasteiger partial charge >= 0.3 is 0 Å². The minimum absolute atomic E-state index is 0.0531. The van der Waals surface area contributed by atoms with E-state index in [4.69, 9.17) is 5.73 Å². The van der Waals surface area contributed by atoms with Crippen molar-refractivity contribution in [3.8, 4) is 0 Å². The number of carbonyl (C=O) groups excluding carboxylic acids is 1. The third-order valence-electron chi connectivity index (χ3n) is 6.03. The molecule has 0 radical (unpaired) electrons. The molecular formula is C18H24N2O. The van der Waals surface area contributed by atoms with Crippen molar-refractivity contribution in [3.05, 3.63) is 29.8 Å². The first-order valence-electron chi connectivity index (χ1n) is 8.33. The topological polar surface area (TPSA) is 46.3 Å². The number of para-hydroxylation sites is 1. The van der Waals surface area contributed by atoms with E-state index in [1.165, 1.54) is 24.8 Å². The van der Waals surface area contributed by atoms with Crippen LogP contribution in [0.15, 0.2) is 24.3 Å². The summed E-state index contributed by atoms with van der Waals surface area (Å²) in [5.74, 6) is 1.45. The molecule has 21 heavy (non-hydrogen) atoms. The van der Waals surface area contributed by atoms with Crippen LogP contribution in [-0.4, -0.2) is 18.0 Å². The lowest BCUT2D eigenvalue weighted by Crippen LogP contribution is -2.51. The largest absolute Gasteiger partial charge is 0.327 e. The first-order valence-corrected chi connectivity index (χ1v) is 8.33. The fraction of sp³-hybridized carbons (Fsp3) is 0.611. The van der Waals surface area contributed by atoms with Crippen molar-refractivity contribution in [3.63, 3.8) is 0 Å². The Balaban J connectivity index is 1.68. The molecule has 2 fully saturated rings. The van der Waals surface area contributed by atoms with E-state index in [1.54, 1.807) is 0 Å². The second kappa shape index (κ2) is 4.84. The first kappa shape index (κ1) is 13.3. The predicted molar refractivity (Wildman–Crippen MR) is 84.0 cm³/mol. The van der Waals surface area contributed by atoms with Gasteiger partial charge in [-0.05, 0) is 62.5 Å². The number of nitrogens with zero attached hydrogens (tertiary/aromatic N) is 1. The quantitative estimate of drug-likeness (QED) is 0.862. The number of nitrogens with two attached hydrogens (primary N) is 1. The highest BCUT2D eigenvalue weighted by Crippen LogP contribution is 2.49. The highest BCUT2D eigenvalue weighted by Gasteiger charge is 2.51. The van der Waals surface area contributed by atoms with E-state index in [0.717, 1.165) is 18.5 Å². The third-order valence-corrected chi connectivity index (χ3v) is 6.03. The molecule has 0 spiro atoms. The molecule has 5 unspecified atom stereocenters. The number of benzene rings is 1. The van der Waals surface area contributed by atoms with Gasteiger partial charge in [0.05, 0.1) is 5.92 Å². The second-order valence-corrected chi connectivity index (χ2v) is 7.16. The monoisotopic (exact) mass is 284 g/mol. The van der Waals surface area contributed by atoms with Crippen molar-refractivity contribution >= 4 is 11.6 Å². The minimum atomic E-state index is 0.0531. The summed E-state index contributed by atoms with van der Waals surface area (Å²) in [6, 6.07) is 8.74. The van der Waals surface area contributed by atoms with Crippen LogP contribution in [0.4, 0.5) is 5.69 Å². The number of anilines is 1. The van der Waals surface area contributed by atoms with E-state index in [2.05, 4.69) is 30.0 Å². The number of amides is 1. The smallest absolute Gasteiger partial charge is 0.232 e. The van der Waals surface area contributed by atoms with Gasteiger partial charge in [-0.1, -0.05) is 18.2 Å². The Morgan fingerprint density at radius 1 is 1.19 bits per heavy atom.